The molecule has 3 heterocycles. The van der Waals surface area contributed by atoms with E-state index in [-0.39, 0.29) is 5.56 Å². The van der Waals surface area contributed by atoms with Crippen molar-refractivity contribution in [2.75, 3.05) is 7.11 Å². The molecule has 0 fully saturated rings. The van der Waals surface area contributed by atoms with Gasteiger partial charge in [0.15, 0.2) is 4.80 Å². The van der Waals surface area contributed by atoms with Gasteiger partial charge in [-0.05, 0) is 73.7 Å². The summed E-state index contributed by atoms with van der Waals surface area (Å²) in [5.74, 6) is -0.132. The average Bonchev–Trinajstić information content (AvgIpc) is 3.45. The van der Waals surface area contributed by atoms with Crippen LogP contribution in [0.2, 0.25) is 5.02 Å². The summed E-state index contributed by atoms with van der Waals surface area (Å²) in [5.41, 5.74) is 8.16. The number of fused-ring (bicyclic) bond motifs is 2. The number of thiazole rings is 1. The first-order valence-corrected chi connectivity index (χ1v) is 15.8. The van der Waals surface area contributed by atoms with Crippen LogP contribution in [0, 0.1) is 13.8 Å². The van der Waals surface area contributed by atoms with Crippen LogP contribution in [0.15, 0.2) is 87.8 Å². The van der Waals surface area contributed by atoms with E-state index in [4.69, 9.17) is 21.3 Å². The molecule has 0 N–H and O–H groups in total. The molecule has 0 bridgehead atoms. The van der Waals surface area contributed by atoms with Crippen LogP contribution >= 0.6 is 22.9 Å². The standard InChI is InChI=1S/C36H34ClN3O3S/c1-20(2)25-10-12-26(13-11-25)33-32(35(42)43-6)22(4)38-36-40(33)34(41)31(44-36)18-28-23(5)39(19-24-8-14-27(37)15-9-24)30-16-7-21(3)17-29(28)30/h7-18,20,33H,19H2,1-6H3/b31-18-/t33-/m1/s1. The van der Waals surface area contributed by atoms with E-state index >= 15 is 0 Å². The van der Waals surface area contributed by atoms with E-state index < -0.39 is 12.0 Å². The Bertz CT molecular complexity index is 2130. The summed E-state index contributed by atoms with van der Waals surface area (Å²) < 4.78 is 9.66. The van der Waals surface area contributed by atoms with Crippen molar-refractivity contribution in [3.8, 4) is 0 Å². The summed E-state index contributed by atoms with van der Waals surface area (Å²) in [6.45, 7) is 10.9. The highest BCUT2D eigenvalue weighted by Crippen LogP contribution is 2.32. The van der Waals surface area contributed by atoms with E-state index in [0.717, 1.165) is 38.9 Å². The summed E-state index contributed by atoms with van der Waals surface area (Å²) in [6.07, 6.45) is 1.98. The minimum Gasteiger partial charge on any atom is -0.466 e. The predicted molar refractivity (Wildman–Crippen MR) is 178 cm³/mol. The van der Waals surface area contributed by atoms with Crippen LogP contribution in [0.25, 0.3) is 17.0 Å². The first kappa shape index (κ1) is 29.9. The van der Waals surface area contributed by atoms with Crippen molar-refractivity contribution >= 4 is 45.9 Å². The van der Waals surface area contributed by atoms with Crippen LogP contribution < -0.4 is 14.9 Å². The van der Waals surface area contributed by atoms with Crippen molar-refractivity contribution in [2.24, 2.45) is 4.99 Å². The molecule has 8 heteroatoms. The molecular weight excluding hydrogens is 590 g/mol. The summed E-state index contributed by atoms with van der Waals surface area (Å²) in [6, 6.07) is 21.8. The fourth-order valence-corrected chi connectivity index (χ4v) is 7.14. The number of hydrogen-bond donors (Lipinski definition) is 0. The lowest BCUT2D eigenvalue weighted by molar-refractivity contribution is -0.136. The smallest absolute Gasteiger partial charge is 0.338 e. The number of carbonyl (C=O) groups is 1. The Balaban J connectivity index is 1.55. The van der Waals surface area contributed by atoms with E-state index in [2.05, 4.69) is 62.6 Å². The summed E-state index contributed by atoms with van der Waals surface area (Å²) >= 11 is 7.49. The molecule has 2 aromatic heterocycles. The van der Waals surface area contributed by atoms with Gasteiger partial charge in [-0.2, -0.15) is 0 Å². The zero-order valence-corrected chi connectivity index (χ0v) is 27.2. The SMILES string of the molecule is COC(=O)C1=C(C)N=c2s/c(=C\c3c(C)n(Cc4ccc(Cl)cc4)c4ccc(C)cc34)c(=O)n2[C@@H]1c1ccc(C(C)C)cc1. The predicted octanol–water partition coefficient (Wildman–Crippen LogP) is 6.80. The number of aromatic nitrogens is 2. The molecule has 224 valence electrons. The molecule has 1 atom stereocenters. The first-order chi connectivity index (χ1) is 21.1. The Morgan fingerprint density at radius 1 is 1.05 bits per heavy atom. The minimum absolute atomic E-state index is 0.189. The van der Waals surface area contributed by atoms with Gasteiger partial charge in [-0.3, -0.25) is 9.36 Å². The van der Waals surface area contributed by atoms with E-state index in [1.165, 1.54) is 24.0 Å². The van der Waals surface area contributed by atoms with Crippen molar-refractivity contribution in [1.82, 2.24) is 9.13 Å². The molecule has 0 amide bonds. The number of methoxy groups -OCH3 is 1. The normalized spacial score (nSPS) is 15.2. The number of hydrogen-bond acceptors (Lipinski definition) is 5. The zero-order valence-electron chi connectivity index (χ0n) is 25.6. The average molecular weight is 624 g/mol. The van der Waals surface area contributed by atoms with E-state index in [9.17, 15) is 9.59 Å². The van der Waals surface area contributed by atoms with Crippen molar-refractivity contribution in [1.29, 1.82) is 0 Å². The Morgan fingerprint density at radius 2 is 1.75 bits per heavy atom. The van der Waals surface area contributed by atoms with Crippen LogP contribution in [-0.4, -0.2) is 22.2 Å². The van der Waals surface area contributed by atoms with Gasteiger partial charge in [0.05, 0.1) is 29.0 Å². The second-order valence-electron chi connectivity index (χ2n) is 11.6. The molecule has 6 nitrogen and oxygen atoms in total. The molecule has 0 saturated heterocycles. The van der Waals surface area contributed by atoms with E-state index in [1.807, 2.05) is 42.5 Å². The molecular formula is C36H34ClN3O3S. The molecule has 5 aromatic rings. The molecule has 1 aliphatic heterocycles. The summed E-state index contributed by atoms with van der Waals surface area (Å²) in [7, 11) is 1.36. The molecule has 0 saturated carbocycles. The number of nitrogens with zero attached hydrogens (tertiary/aromatic N) is 3. The summed E-state index contributed by atoms with van der Waals surface area (Å²) in [5, 5.41) is 1.78. The summed E-state index contributed by atoms with van der Waals surface area (Å²) in [4.78, 5) is 32.6. The number of carbonyl (C=O) groups excluding carboxylic acids is 1. The van der Waals surface area contributed by atoms with Gasteiger partial charge in [-0.1, -0.05) is 84.8 Å². The molecule has 0 spiro atoms. The van der Waals surface area contributed by atoms with Crippen LogP contribution in [-0.2, 0) is 16.1 Å². The van der Waals surface area contributed by atoms with Crippen molar-refractivity contribution in [3.05, 3.63) is 136 Å². The van der Waals surface area contributed by atoms with Crippen molar-refractivity contribution in [2.45, 2.75) is 53.1 Å². The van der Waals surface area contributed by atoms with Gasteiger partial charge in [0.1, 0.15) is 0 Å². The molecule has 0 radical (unpaired) electrons. The van der Waals surface area contributed by atoms with Crippen molar-refractivity contribution < 1.29 is 9.53 Å². The fraction of sp³-hybridized carbons (Fsp3) is 0.250. The molecule has 3 aromatic carbocycles. The van der Waals surface area contributed by atoms with Crippen LogP contribution in [0.3, 0.4) is 0 Å². The molecule has 6 rings (SSSR count). The van der Waals surface area contributed by atoms with Crippen LogP contribution in [0.1, 0.15) is 66.2 Å². The lowest BCUT2D eigenvalue weighted by Gasteiger charge is -2.24. The second-order valence-corrected chi connectivity index (χ2v) is 13.1. The fourth-order valence-electron chi connectivity index (χ4n) is 5.98. The molecule has 1 aliphatic rings. The maximum absolute atomic E-state index is 14.3. The third-order valence-corrected chi connectivity index (χ3v) is 9.64. The van der Waals surface area contributed by atoms with Gasteiger partial charge in [0, 0.05) is 33.7 Å². The largest absolute Gasteiger partial charge is 0.466 e. The van der Waals surface area contributed by atoms with Gasteiger partial charge in [0.2, 0.25) is 0 Å². The topological polar surface area (TPSA) is 65.6 Å². The van der Waals surface area contributed by atoms with E-state index in [1.54, 1.807) is 11.5 Å². The highest BCUT2D eigenvalue weighted by molar-refractivity contribution is 7.07. The monoisotopic (exact) mass is 623 g/mol. The lowest BCUT2D eigenvalue weighted by Crippen LogP contribution is -2.39. The number of allylic oxidation sites excluding steroid dienone is 1. The number of halogens is 1. The van der Waals surface area contributed by atoms with Crippen molar-refractivity contribution in [3.63, 3.8) is 0 Å². The number of rotatable bonds is 6. The minimum atomic E-state index is -0.642. The lowest BCUT2D eigenvalue weighted by atomic mass is 9.93. The van der Waals surface area contributed by atoms with Crippen LogP contribution in [0.4, 0.5) is 0 Å². The van der Waals surface area contributed by atoms with Crippen LogP contribution in [0.5, 0.6) is 0 Å². The first-order valence-electron chi connectivity index (χ1n) is 14.6. The maximum atomic E-state index is 14.3. The number of esters is 1. The van der Waals surface area contributed by atoms with E-state index in [0.29, 0.717) is 38.1 Å². The van der Waals surface area contributed by atoms with Gasteiger partial charge < -0.3 is 9.30 Å². The Hall–Kier alpha value is -4.20. The Morgan fingerprint density at radius 3 is 2.41 bits per heavy atom. The third-order valence-electron chi connectivity index (χ3n) is 8.40. The Labute approximate surface area is 265 Å². The highest BCUT2D eigenvalue weighted by atomic mass is 35.5. The Kier molecular flexibility index (Phi) is 7.95. The van der Waals surface area contributed by atoms with Gasteiger partial charge in [-0.25, -0.2) is 9.79 Å². The number of benzene rings is 3. The molecule has 44 heavy (non-hydrogen) atoms. The maximum Gasteiger partial charge on any atom is 0.338 e. The number of ether oxygens (including phenoxy) is 1. The molecule has 0 unspecified atom stereocenters. The number of aryl methyl sites for hydroxylation is 1. The molecule has 0 aliphatic carbocycles. The van der Waals surface area contributed by atoms with Gasteiger partial charge in [0.25, 0.3) is 5.56 Å². The highest BCUT2D eigenvalue weighted by Gasteiger charge is 2.33. The zero-order chi connectivity index (χ0) is 31.3. The van der Waals surface area contributed by atoms with Gasteiger partial charge in [-0.15, -0.1) is 0 Å². The third kappa shape index (κ3) is 5.24. The second kappa shape index (κ2) is 11.7. The van der Waals surface area contributed by atoms with Gasteiger partial charge >= 0.3 is 5.97 Å². The quantitative estimate of drug-likeness (QED) is 0.195.